The van der Waals surface area contributed by atoms with Crippen LogP contribution < -0.4 is 4.72 Å². The number of benzene rings is 1. The van der Waals surface area contributed by atoms with Crippen LogP contribution in [0.25, 0.3) is 0 Å². The Morgan fingerprint density at radius 2 is 1.95 bits per heavy atom. The van der Waals surface area contributed by atoms with Gasteiger partial charge in [0, 0.05) is 6.04 Å². The monoisotopic (exact) mass is 317 g/mol. The SMILES string of the molecule is Cc1ccc(F)cc1S(=O)(=O)NC(CC(=O)O)C(C)(C)C. The first-order valence-corrected chi connectivity index (χ1v) is 7.92. The van der Waals surface area contributed by atoms with Crippen LogP contribution in [-0.4, -0.2) is 25.5 Å². The topological polar surface area (TPSA) is 83.5 Å². The summed E-state index contributed by atoms with van der Waals surface area (Å²) in [4.78, 5) is 10.7. The second-order valence-electron chi connectivity index (χ2n) is 6.05. The molecule has 1 aromatic rings. The largest absolute Gasteiger partial charge is 0.481 e. The van der Waals surface area contributed by atoms with Crippen LogP contribution in [0.15, 0.2) is 23.1 Å². The van der Waals surface area contributed by atoms with E-state index in [2.05, 4.69) is 4.72 Å². The maximum Gasteiger partial charge on any atom is 0.304 e. The van der Waals surface area contributed by atoms with Gasteiger partial charge in [-0.15, -0.1) is 0 Å². The predicted molar refractivity (Wildman–Crippen MR) is 77.0 cm³/mol. The Morgan fingerprint density at radius 1 is 1.38 bits per heavy atom. The number of carbonyl (C=O) groups is 1. The van der Waals surface area contributed by atoms with E-state index in [0.29, 0.717) is 5.56 Å². The molecule has 21 heavy (non-hydrogen) atoms. The molecule has 0 spiro atoms. The molecular weight excluding hydrogens is 297 g/mol. The molecule has 5 nitrogen and oxygen atoms in total. The van der Waals surface area contributed by atoms with E-state index in [1.807, 2.05) is 0 Å². The van der Waals surface area contributed by atoms with Crippen LogP contribution in [-0.2, 0) is 14.8 Å². The summed E-state index contributed by atoms with van der Waals surface area (Å²) < 4.78 is 40.4. The number of hydrogen-bond donors (Lipinski definition) is 2. The number of nitrogens with one attached hydrogen (secondary N) is 1. The van der Waals surface area contributed by atoms with Crippen molar-refractivity contribution < 1.29 is 22.7 Å². The van der Waals surface area contributed by atoms with Crippen LogP contribution in [0.5, 0.6) is 0 Å². The Morgan fingerprint density at radius 3 is 2.43 bits per heavy atom. The highest BCUT2D eigenvalue weighted by Gasteiger charge is 2.32. The van der Waals surface area contributed by atoms with Crippen molar-refractivity contribution in [3.8, 4) is 0 Å². The van der Waals surface area contributed by atoms with Gasteiger partial charge in [-0.3, -0.25) is 4.79 Å². The van der Waals surface area contributed by atoms with Gasteiger partial charge in [0.2, 0.25) is 10.0 Å². The molecule has 0 saturated heterocycles. The maximum absolute atomic E-state index is 13.3. The molecule has 0 aromatic heterocycles. The zero-order valence-corrected chi connectivity index (χ0v) is 13.3. The van der Waals surface area contributed by atoms with Crippen molar-refractivity contribution in [2.75, 3.05) is 0 Å². The molecule has 1 aromatic carbocycles. The Kier molecular flexibility index (Phi) is 5.11. The molecule has 1 atom stereocenters. The molecule has 1 rings (SSSR count). The first-order valence-electron chi connectivity index (χ1n) is 6.44. The highest BCUT2D eigenvalue weighted by atomic mass is 32.2. The number of aliphatic carboxylic acids is 1. The van der Waals surface area contributed by atoms with Gasteiger partial charge < -0.3 is 5.11 Å². The summed E-state index contributed by atoms with van der Waals surface area (Å²) in [5, 5.41) is 8.92. The van der Waals surface area contributed by atoms with Gasteiger partial charge in [-0.25, -0.2) is 17.5 Å². The van der Waals surface area contributed by atoms with Crippen molar-refractivity contribution in [3.63, 3.8) is 0 Å². The Balaban J connectivity index is 3.17. The Labute approximate surface area is 124 Å². The Hall–Kier alpha value is -1.47. The third-order valence-electron chi connectivity index (χ3n) is 3.16. The summed E-state index contributed by atoms with van der Waals surface area (Å²) in [6, 6.07) is 2.67. The minimum absolute atomic E-state index is 0.179. The lowest BCUT2D eigenvalue weighted by molar-refractivity contribution is -0.138. The minimum atomic E-state index is -3.99. The van der Waals surface area contributed by atoms with Crippen molar-refractivity contribution in [2.24, 2.45) is 5.41 Å². The third-order valence-corrected chi connectivity index (χ3v) is 4.77. The number of carboxylic acids is 1. The van der Waals surface area contributed by atoms with Crippen LogP contribution in [0.2, 0.25) is 0 Å². The average Bonchev–Trinajstić information content (AvgIpc) is 2.29. The van der Waals surface area contributed by atoms with E-state index < -0.39 is 33.3 Å². The van der Waals surface area contributed by atoms with Gasteiger partial charge in [-0.2, -0.15) is 0 Å². The number of aryl methyl sites for hydroxylation is 1. The quantitative estimate of drug-likeness (QED) is 0.873. The highest BCUT2D eigenvalue weighted by Crippen LogP contribution is 2.25. The number of sulfonamides is 1. The second-order valence-corrected chi connectivity index (χ2v) is 7.73. The van der Waals surface area contributed by atoms with E-state index in [-0.39, 0.29) is 11.3 Å². The van der Waals surface area contributed by atoms with Crippen molar-refractivity contribution in [1.29, 1.82) is 0 Å². The minimum Gasteiger partial charge on any atom is -0.481 e. The summed E-state index contributed by atoms with van der Waals surface area (Å²) in [7, 11) is -3.99. The van der Waals surface area contributed by atoms with E-state index in [4.69, 9.17) is 5.11 Å². The third kappa shape index (κ3) is 4.78. The molecule has 0 aliphatic carbocycles. The molecule has 0 aliphatic rings. The molecule has 0 fully saturated rings. The fraction of sp³-hybridized carbons (Fsp3) is 0.500. The summed E-state index contributed by atoms with van der Waals surface area (Å²) >= 11 is 0. The molecule has 0 bridgehead atoms. The molecular formula is C14H20FNO4S. The summed E-state index contributed by atoms with van der Waals surface area (Å²) in [6.07, 6.45) is -0.350. The average molecular weight is 317 g/mol. The summed E-state index contributed by atoms with van der Waals surface area (Å²) in [5.74, 6) is -1.76. The zero-order valence-electron chi connectivity index (χ0n) is 12.5. The molecule has 1 unspecified atom stereocenters. The van der Waals surface area contributed by atoms with Crippen LogP contribution in [0.4, 0.5) is 4.39 Å². The lowest BCUT2D eigenvalue weighted by atomic mass is 9.85. The normalized spacial score (nSPS) is 14.0. The molecule has 0 aliphatic heterocycles. The highest BCUT2D eigenvalue weighted by molar-refractivity contribution is 7.89. The maximum atomic E-state index is 13.3. The van der Waals surface area contributed by atoms with Gasteiger partial charge in [0.05, 0.1) is 11.3 Å². The van der Waals surface area contributed by atoms with E-state index in [0.717, 1.165) is 6.07 Å². The van der Waals surface area contributed by atoms with Crippen LogP contribution >= 0.6 is 0 Å². The standard InChI is InChI=1S/C14H20FNO4S/c1-9-5-6-10(15)7-11(9)21(19,20)16-12(8-13(17)18)14(2,3)4/h5-7,12,16H,8H2,1-4H3,(H,17,18). The zero-order chi connectivity index (χ0) is 16.4. The van der Waals surface area contributed by atoms with Crippen molar-refractivity contribution in [3.05, 3.63) is 29.6 Å². The number of rotatable bonds is 5. The van der Waals surface area contributed by atoms with E-state index >= 15 is 0 Å². The fourth-order valence-electron chi connectivity index (χ4n) is 1.81. The smallest absolute Gasteiger partial charge is 0.304 e. The van der Waals surface area contributed by atoms with Gasteiger partial charge in [0.15, 0.2) is 0 Å². The summed E-state index contributed by atoms with van der Waals surface area (Å²) in [6.45, 7) is 6.77. The number of carboxylic acid groups (broad SMARTS) is 1. The van der Waals surface area contributed by atoms with Crippen molar-refractivity contribution >= 4 is 16.0 Å². The van der Waals surface area contributed by atoms with Gasteiger partial charge in [-0.1, -0.05) is 26.8 Å². The first kappa shape index (κ1) is 17.6. The van der Waals surface area contributed by atoms with E-state index in [1.165, 1.54) is 12.1 Å². The Bertz CT molecular complexity index is 635. The van der Waals surface area contributed by atoms with E-state index in [9.17, 15) is 17.6 Å². The number of hydrogen-bond acceptors (Lipinski definition) is 3. The lowest BCUT2D eigenvalue weighted by Gasteiger charge is -2.30. The van der Waals surface area contributed by atoms with Crippen LogP contribution in [0, 0.1) is 18.2 Å². The second kappa shape index (κ2) is 6.11. The van der Waals surface area contributed by atoms with Crippen LogP contribution in [0.3, 0.4) is 0 Å². The van der Waals surface area contributed by atoms with Crippen LogP contribution in [0.1, 0.15) is 32.8 Å². The molecule has 0 radical (unpaired) electrons. The molecule has 118 valence electrons. The van der Waals surface area contributed by atoms with Gasteiger partial charge >= 0.3 is 5.97 Å². The lowest BCUT2D eigenvalue weighted by Crippen LogP contribution is -2.45. The molecule has 0 amide bonds. The molecule has 7 heteroatoms. The van der Waals surface area contributed by atoms with E-state index in [1.54, 1.807) is 27.7 Å². The molecule has 0 heterocycles. The van der Waals surface area contributed by atoms with Gasteiger partial charge in [0.25, 0.3) is 0 Å². The number of halogens is 1. The molecule has 0 saturated carbocycles. The molecule has 2 N–H and O–H groups in total. The summed E-state index contributed by atoms with van der Waals surface area (Å²) in [5.41, 5.74) is -0.195. The predicted octanol–water partition coefficient (Wildman–Crippen LogP) is 2.30. The van der Waals surface area contributed by atoms with Gasteiger partial charge in [0.1, 0.15) is 5.82 Å². The van der Waals surface area contributed by atoms with Crippen molar-refractivity contribution in [2.45, 2.75) is 45.1 Å². The first-order chi connectivity index (χ1) is 9.43. The van der Waals surface area contributed by atoms with Crippen molar-refractivity contribution in [1.82, 2.24) is 4.72 Å². The van der Waals surface area contributed by atoms with Gasteiger partial charge in [-0.05, 0) is 30.0 Å². The fourth-order valence-corrected chi connectivity index (χ4v) is 3.51.